The van der Waals surface area contributed by atoms with Crippen molar-refractivity contribution in [3.05, 3.63) is 66.4 Å². The molecule has 3 heterocycles. The number of aromatic nitrogens is 3. The predicted molar refractivity (Wildman–Crippen MR) is 126 cm³/mol. The van der Waals surface area contributed by atoms with Gasteiger partial charge in [0.25, 0.3) is 0 Å². The van der Waals surface area contributed by atoms with Crippen LogP contribution in [0.15, 0.2) is 60.7 Å². The lowest BCUT2D eigenvalue weighted by Crippen LogP contribution is -2.13. The zero-order valence-electron chi connectivity index (χ0n) is 17.6. The summed E-state index contributed by atoms with van der Waals surface area (Å²) >= 11 is 1.17. The molecule has 164 valence electrons. The number of carbonyl (C=O) groups is 1. The molecule has 33 heavy (non-hydrogen) atoms. The number of ether oxygens (including phenoxy) is 3. The monoisotopic (exact) mass is 458 g/mol. The first-order chi connectivity index (χ1) is 16.2. The third-order valence-corrected chi connectivity index (χ3v) is 6.04. The van der Waals surface area contributed by atoms with Crippen LogP contribution in [-0.2, 0) is 4.74 Å². The highest BCUT2D eigenvalue weighted by atomic mass is 32.1. The van der Waals surface area contributed by atoms with Crippen molar-refractivity contribution in [3.8, 4) is 17.2 Å². The van der Waals surface area contributed by atoms with Gasteiger partial charge in [-0.1, -0.05) is 18.2 Å². The summed E-state index contributed by atoms with van der Waals surface area (Å²) in [7, 11) is 0. The number of fused-ring (bicyclic) bond motifs is 3. The number of rotatable bonds is 5. The molecule has 0 spiro atoms. The SMILES string of the molecule is CCOC(=O)c1c(Nc2ccc3nsnc3c2)c2ccccc2n1-c1ccc2c(c1)OCO2. The summed E-state index contributed by atoms with van der Waals surface area (Å²) < 4.78 is 27.0. The quantitative estimate of drug-likeness (QED) is 0.358. The van der Waals surface area contributed by atoms with Crippen LogP contribution in [0.3, 0.4) is 0 Å². The Kier molecular flexibility index (Phi) is 4.62. The van der Waals surface area contributed by atoms with Crippen molar-refractivity contribution < 1.29 is 19.0 Å². The van der Waals surface area contributed by atoms with Gasteiger partial charge in [0.05, 0.1) is 35.2 Å². The molecule has 0 saturated carbocycles. The summed E-state index contributed by atoms with van der Waals surface area (Å²) in [5.74, 6) is 0.887. The summed E-state index contributed by atoms with van der Waals surface area (Å²) in [4.78, 5) is 13.3. The molecule has 0 bridgehead atoms. The molecule has 2 aromatic heterocycles. The predicted octanol–water partition coefficient (Wildman–Crippen LogP) is 5.28. The Morgan fingerprint density at radius 1 is 1.06 bits per heavy atom. The summed E-state index contributed by atoms with van der Waals surface area (Å²) in [5, 5.41) is 4.32. The minimum atomic E-state index is -0.426. The molecule has 9 heteroatoms. The lowest BCUT2D eigenvalue weighted by atomic mass is 10.2. The molecule has 0 unspecified atom stereocenters. The molecule has 5 aromatic rings. The van der Waals surface area contributed by atoms with Gasteiger partial charge in [-0.2, -0.15) is 8.75 Å². The van der Waals surface area contributed by atoms with E-state index in [1.54, 1.807) is 6.92 Å². The number of carbonyl (C=O) groups excluding carboxylic acids is 1. The van der Waals surface area contributed by atoms with Crippen molar-refractivity contribution >= 4 is 51.0 Å². The zero-order chi connectivity index (χ0) is 22.4. The van der Waals surface area contributed by atoms with E-state index in [1.807, 2.05) is 65.2 Å². The standard InChI is InChI=1S/C24H18N4O4S/c1-2-30-24(29)23-22(25-14-7-9-17-18(11-14)27-33-26-17)16-5-3-4-6-19(16)28(23)15-8-10-20-21(12-15)32-13-31-20/h3-12,25H,2,13H2,1H3. The first-order valence-corrected chi connectivity index (χ1v) is 11.2. The van der Waals surface area contributed by atoms with Gasteiger partial charge >= 0.3 is 5.97 Å². The fourth-order valence-electron chi connectivity index (χ4n) is 4.06. The van der Waals surface area contributed by atoms with Crippen LogP contribution in [0.5, 0.6) is 11.5 Å². The van der Waals surface area contributed by atoms with Gasteiger partial charge in [-0.3, -0.25) is 0 Å². The average molecular weight is 458 g/mol. The highest BCUT2D eigenvalue weighted by molar-refractivity contribution is 7.00. The second-order valence-electron chi connectivity index (χ2n) is 7.43. The summed E-state index contributed by atoms with van der Waals surface area (Å²) in [6, 6.07) is 19.2. The van der Waals surface area contributed by atoms with Crippen LogP contribution in [0.2, 0.25) is 0 Å². The number of hydrogen-bond donors (Lipinski definition) is 1. The number of esters is 1. The van der Waals surface area contributed by atoms with Gasteiger partial charge in [0.1, 0.15) is 11.0 Å². The Hall–Kier alpha value is -4.11. The Balaban J connectivity index is 1.58. The van der Waals surface area contributed by atoms with Crippen LogP contribution in [-0.4, -0.2) is 32.7 Å². The van der Waals surface area contributed by atoms with Gasteiger partial charge in [-0.05, 0) is 43.3 Å². The van der Waals surface area contributed by atoms with Crippen molar-refractivity contribution in [2.24, 2.45) is 0 Å². The van der Waals surface area contributed by atoms with Crippen LogP contribution in [0, 0.1) is 0 Å². The minimum Gasteiger partial charge on any atom is -0.461 e. The molecule has 0 radical (unpaired) electrons. The molecule has 0 aliphatic carbocycles. The number of benzene rings is 3. The van der Waals surface area contributed by atoms with E-state index in [0.29, 0.717) is 22.9 Å². The maximum atomic E-state index is 13.3. The van der Waals surface area contributed by atoms with E-state index in [1.165, 1.54) is 11.7 Å². The maximum Gasteiger partial charge on any atom is 0.357 e. The van der Waals surface area contributed by atoms with Crippen molar-refractivity contribution in [2.45, 2.75) is 6.92 Å². The zero-order valence-corrected chi connectivity index (χ0v) is 18.4. The molecule has 0 amide bonds. The van der Waals surface area contributed by atoms with Crippen LogP contribution in [0.25, 0.3) is 27.6 Å². The smallest absolute Gasteiger partial charge is 0.357 e. The summed E-state index contributed by atoms with van der Waals surface area (Å²) in [6.45, 7) is 2.23. The minimum absolute atomic E-state index is 0.177. The topological polar surface area (TPSA) is 87.5 Å². The van der Waals surface area contributed by atoms with Crippen LogP contribution in [0.1, 0.15) is 17.4 Å². The fraction of sp³-hybridized carbons (Fsp3) is 0.125. The van der Waals surface area contributed by atoms with Gasteiger partial charge in [-0.25, -0.2) is 4.79 Å². The molecule has 1 N–H and O–H groups in total. The molecule has 0 fully saturated rings. The normalized spacial score (nSPS) is 12.4. The van der Waals surface area contributed by atoms with Crippen molar-refractivity contribution in [1.29, 1.82) is 0 Å². The summed E-state index contributed by atoms with van der Waals surface area (Å²) in [5.41, 5.74) is 5.11. The fourth-order valence-corrected chi connectivity index (χ4v) is 4.57. The second kappa shape index (κ2) is 7.79. The van der Waals surface area contributed by atoms with E-state index in [2.05, 4.69) is 14.1 Å². The average Bonchev–Trinajstić information content (AvgIpc) is 3.56. The van der Waals surface area contributed by atoms with Crippen molar-refractivity contribution in [3.63, 3.8) is 0 Å². The third-order valence-electron chi connectivity index (χ3n) is 5.48. The van der Waals surface area contributed by atoms with E-state index in [9.17, 15) is 4.79 Å². The number of anilines is 2. The first-order valence-electron chi connectivity index (χ1n) is 10.4. The highest BCUT2D eigenvalue weighted by Gasteiger charge is 2.26. The van der Waals surface area contributed by atoms with E-state index in [-0.39, 0.29) is 13.4 Å². The van der Waals surface area contributed by atoms with Crippen molar-refractivity contribution in [1.82, 2.24) is 13.3 Å². The van der Waals surface area contributed by atoms with E-state index in [4.69, 9.17) is 14.2 Å². The molecule has 0 saturated heterocycles. The first kappa shape index (κ1) is 19.6. The van der Waals surface area contributed by atoms with Gasteiger partial charge in [0, 0.05) is 17.1 Å². The largest absolute Gasteiger partial charge is 0.461 e. The Morgan fingerprint density at radius 2 is 1.91 bits per heavy atom. The number of nitrogens with zero attached hydrogens (tertiary/aromatic N) is 3. The molecule has 0 atom stereocenters. The van der Waals surface area contributed by atoms with Gasteiger partial charge in [0.15, 0.2) is 17.2 Å². The van der Waals surface area contributed by atoms with E-state index < -0.39 is 5.97 Å². The Bertz CT molecular complexity index is 1520. The Morgan fingerprint density at radius 3 is 2.82 bits per heavy atom. The van der Waals surface area contributed by atoms with Gasteiger partial charge < -0.3 is 24.1 Å². The molecular weight excluding hydrogens is 440 g/mol. The number of nitrogens with one attached hydrogen (secondary N) is 1. The third kappa shape index (κ3) is 3.25. The number of para-hydroxylation sites is 1. The van der Waals surface area contributed by atoms with Crippen LogP contribution < -0.4 is 14.8 Å². The molecule has 3 aromatic carbocycles. The lowest BCUT2D eigenvalue weighted by molar-refractivity contribution is 0.0518. The Labute approximate surface area is 192 Å². The summed E-state index contributed by atoms with van der Waals surface area (Å²) in [6.07, 6.45) is 0. The van der Waals surface area contributed by atoms with E-state index >= 15 is 0 Å². The maximum absolute atomic E-state index is 13.3. The van der Waals surface area contributed by atoms with Gasteiger partial charge in [0.2, 0.25) is 6.79 Å². The molecule has 1 aliphatic rings. The molecular formula is C24H18N4O4S. The lowest BCUT2D eigenvalue weighted by Gasteiger charge is -2.13. The van der Waals surface area contributed by atoms with Crippen LogP contribution in [0.4, 0.5) is 11.4 Å². The molecule has 1 aliphatic heterocycles. The van der Waals surface area contributed by atoms with Gasteiger partial charge in [-0.15, -0.1) is 0 Å². The van der Waals surface area contributed by atoms with Crippen molar-refractivity contribution in [2.75, 3.05) is 18.7 Å². The number of hydrogen-bond acceptors (Lipinski definition) is 8. The molecule has 8 nitrogen and oxygen atoms in total. The van der Waals surface area contributed by atoms with Crippen LogP contribution >= 0.6 is 11.7 Å². The molecule has 6 rings (SSSR count). The van der Waals surface area contributed by atoms with E-state index in [0.717, 1.165) is 33.3 Å². The highest BCUT2D eigenvalue weighted by Crippen LogP contribution is 2.39. The second-order valence-corrected chi connectivity index (χ2v) is 7.96.